The monoisotopic (exact) mass is 432 g/mol. The number of hydrazone groups is 1. The smallest absolute Gasteiger partial charge is 0.243 e. The molecule has 0 saturated carbocycles. The van der Waals surface area contributed by atoms with Gasteiger partial charge in [0.1, 0.15) is 0 Å². The summed E-state index contributed by atoms with van der Waals surface area (Å²) in [5.74, 6) is 0.407. The van der Waals surface area contributed by atoms with Gasteiger partial charge >= 0.3 is 0 Å². The number of nitrogens with zero attached hydrogens (tertiary/aromatic N) is 4. The van der Waals surface area contributed by atoms with E-state index in [0.717, 1.165) is 36.3 Å². The number of aryl methyl sites for hydroxylation is 1. The first kappa shape index (κ1) is 22.8. The van der Waals surface area contributed by atoms with Crippen molar-refractivity contribution in [3.8, 4) is 0 Å². The molecule has 0 bridgehead atoms. The normalized spacial score (nSPS) is 22.5. The van der Waals surface area contributed by atoms with Gasteiger partial charge in [-0.05, 0) is 68.6 Å². The molecule has 3 heterocycles. The molecule has 0 spiro atoms. The number of carbonyl (C=O) groups is 2. The maximum absolute atomic E-state index is 12.5. The molecule has 6 nitrogen and oxygen atoms in total. The number of hydrogen-bond donors (Lipinski definition) is 0. The fourth-order valence-corrected chi connectivity index (χ4v) is 4.71. The van der Waals surface area contributed by atoms with Crippen LogP contribution in [0, 0.1) is 5.92 Å². The van der Waals surface area contributed by atoms with Gasteiger partial charge in [-0.3, -0.25) is 9.59 Å². The van der Waals surface area contributed by atoms with Crippen LogP contribution in [0.1, 0.15) is 56.6 Å². The van der Waals surface area contributed by atoms with Gasteiger partial charge in [0.2, 0.25) is 11.8 Å². The molecule has 1 aromatic carbocycles. The Labute approximate surface area is 185 Å². The second-order valence-electron chi connectivity index (χ2n) is 8.66. The molecule has 30 heavy (non-hydrogen) atoms. The molecule has 164 valence electrons. The van der Waals surface area contributed by atoms with Gasteiger partial charge in [0.05, 0.1) is 5.71 Å². The van der Waals surface area contributed by atoms with Crippen molar-refractivity contribution < 1.29 is 9.59 Å². The average molecular weight is 433 g/mol. The van der Waals surface area contributed by atoms with Crippen molar-refractivity contribution in [2.75, 3.05) is 38.1 Å². The number of anilines is 1. The number of carbonyl (C=O) groups excluding carboxylic acids is 2. The molecule has 1 saturated heterocycles. The third-order valence-corrected chi connectivity index (χ3v) is 6.48. The minimum absolute atomic E-state index is 0. The lowest BCUT2D eigenvalue weighted by atomic mass is 9.90. The van der Waals surface area contributed by atoms with E-state index in [-0.39, 0.29) is 30.1 Å². The highest BCUT2D eigenvalue weighted by molar-refractivity contribution is 6.06. The quantitative estimate of drug-likeness (QED) is 0.715. The Hall–Kier alpha value is -1.92. The Bertz CT molecular complexity index is 819. The maximum atomic E-state index is 12.5. The highest BCUT2D eigenvalue weighted by Gasteiger charge is 2.28. The lowest BCUT2D eigenvalue weighted by Crippen LogP contribution is -2.38. The molecule has 3 aliphatic heterocycles. The highest BCUT2D eigenvalue weighted by atomic mass is 35.5. The fourth-order valence-electron chi connectivity index (χ4n) is 4.71. The van der Waals surface area contributed by atoms with Gasteiger partial charge in [0.25, 0.3) is 0 Å². The fraction of sp³-hybridized carbons (Fsp3) is 0.609. The molecular formula is C23H33ClN4O2. The van der Waals surface area contributed by atoms with E-state index >= 15 is 0 Å². The molecule has 0 radical (unpaired) electrons. The molecule has 1 atom stereocenters. The van der Waals surface area contributed by atoms with E-state index < -0.39 is 0 Å². The van der Waals surface area contributed by atoms with Crippen LogP contribution < -0.4 is 4.90 Å². The van der Waals surface area contributed by atoms with Crippen molar-refractivity contribution >= 4 is 35.6 Å². The van der Waals surface area contributed by atoms with Gasteiger partial charge in [-0.1, -0.05) is 19.4 Å². The molecule has 4 rings (SSSR count). The largest absolute Gasteiger partial charge is 0.315 e. The minimum Gasteiger partial charge on any atom is -0.315 e. The van der Waals surface area contributed by atoms with E-state index in [9.17, 15) is 9.59 Å². The Morgan fingerprint density at radius 2 is 1.80 bits per heavy atom. The number of halogens is 1. The molecular weight excluding hydrogens is 400 g/mol. The van der Waals surface area contributed by atoms with Crippen molar-refractivity contribution in [2.24, 2.45) is 11.0 Å². The molecule has 0 aromatic heterocycles. The summed E-state index contributed by atoms with van der Waals surface area (Å²) in [7, 11) is 1.84. The number of benzene rings is 1. The lowest BCUT2D eigenvalue weighted by molar-refractivity contribution is -0.132. The Morgan fingerprint density at radius 1 is 1.03 bits per heavy atom. The Balaban J connectivity index is 0.00000256. The topological polar surface area (TPSA) is 56.2 Å². The van der Waals surface area contributed by atoms with E-state index in [2.05, 4.69) is 17.9 Å². The van der Waals surface area contributed by atoms with Gasteiger partial charge in [-0.25, -0.2) is 5.01 Å². The molecule has 7 heteroatoms. The number of rotatable bonds is 5. The van der Waals surface area contributed by atoms with Crippen LogP contribution in [-0.2, 0) is 16.0 Å². The number of fused-ring (bicyclic) bond motifs is 1. The summed E-state index contributed by atoms with van der Waals surface area (Å²) >= 11 is 0. The van der Waals surface area contributed by atoms with Crippen molar-refractivity contribution in [3.63, 3.8) is 0 Å². The van der Waals surface area contributed by atoms with Gasteiger partial charge < -0.3 is 9.80 Å². The van der Waals surface area contributed by atoms with Crippen LogP contribution in [0.25, 0.3) is 0 Å². The van der Waals surface area contributed by atoms with Crippen LogP contribution in [0.15, 0.2) is 23.3 Å². The summed E-state index contributed by atoms with van der Waals surface area (Å²) in [6, 6.07) is 6.23. The molecule has 0 N–H and O–H groups in total. The second kappa shape index (κ2) is 9.92. The SMILES string of the molecule is CC1CC(=O)N(CCCN2CCCCC2)N=C1c1ccc2c(c1)CCC(=O)N2C.Cl. The predicted octanol–water partition coefficient (Wildman–Crippen LogP) is 3.47. The Morgan fingerprint density at radius 3 is 2.57 bits per heavy atom. The van der Waals surface area contributed by atoms with E-state index in [1.165, 1.54) is 37.9 Å². The maximum Gasteiger partial charge on any atom is 0.243 e. The third kappa shape index (κ3) is 4.86. The van der Waals surface area contributed by atoms with Crippen LogP contribution in [0.5, 0.6) is 0 Å². The summed E-state index contributed by atoms with van der Waals surface area (Å²) < 4.78 is 0. The van der Waals surface area contributed by atoms with E-state index in [1.807, 2.05) is 19.2 Å². The van der Waals surface area contributed by atoms with Crippen LogP contribution in [-0.4, -0.2) is 60.7 Å². The van der Waals surface area contributed by atoms with Crippen molar-refractivity contribution in [2.45, 2.75) is 51.9 Å². The van der Waals surface area contributed by atoms with Crippen LogP contribution in [0.2, 0.25) is 0 Å². The number of piperidine rings is 1. The summed E-state index contributed by atoms with van der Waals surface area (Å²) in [4.78, 5) is 28.7. The van der Waals surface area contributed by atoms with Crippen LogP contribution in [0.3, 0.4) is 0 Å². The number of amides is 2. The van der Waals surface area contributed by atoms with Crippen molar-refractivity contribution in [1.82, 2.24) is 9.91 Å². The van der Waals surface area contributed by atoms with Crippen molar-refractivity contribution in [3.05, 3.63) is 29.3 Å². The summed E-state index contributed by atoms with van der Waals surface area (Å²) in [6.07, 6.45) is 6.73. The van der Waals surface area contributed by atoms with E-state index in [1.54, 1.807) is 9.91 Å². The first-order valence-electron chi connectivity index (χ1n) is 11.0. The predicted molar refractivity (Wildman–Crippen MR) is 122 cm³/mol. The van der Waals surface area contributed by atoms with Crippen molar-refractivity contribution in [1.29, 1.82) is 0 Å². The number of likely N-dealkylation sites (tertiary alicyclic amines) is 1. The summed E-state index contributed by atoms with van der Waals surface area (Å²) in [5.41, 5.74) is 4.24. The first-order valence-corrected chi connectivity index (χ1v) is 11.0. The standard InChI is InChI=1S/C23H32N4O2.ClH/c1-17-15-22(29)27(14-6-13-26-11-4-3-5-12-26)24-23(17)19-7-9-20-18(16-19)8-10-21(28)25(20)2;/h7,9,16-17H,3-6,8,10-15H2,1-2H3;1H. The van der Waals surface area contributed by atoms with Gasteiger partial charge in [-0.2, -0.15) is 5.10 Å². The zero-order valence-electron chi connectivity index (χ0n) is 18.1. The molecule has 2 amide bonds. The molecule has 0 aliphatic carbocycles. The van der Waals surface area contributed by atoms with Gasteiger partial charge in [0, 0.05) is 38.0 Å². The molecule has 3 aliphatic rings. The van der Waals surface area contributed by atoms with Gasteiger partial charge in [-0.15, -0.1) is 12.4 Å². The van der Waals surface area contributed by atoms with Gasteiger partial charge in [0.15, 0.2) is 0 Å². The van der Waals surface area contributed by atoms with Crippen LogP contribution in [0.4, 0.5) is 5.69 Å². The van der Waals surface area contributed by atoms with Crippen LogP contribution >= 0.6 is 12.4 Å². The molecule has 1 aromatic rings. The van der Waals surface area contributed by atoms with E-state index in [4.69, 9.17) is 5.10 Å². The highest BCUT2D eigenvalue weighted by Crippen LogP contribution is 2.30. The zero-order valence-corrected chi connectivity index (χ0v) is 18.9. The van der Waals surface area contributed by atoms with E-state index in [0.29, 0.717) is 19.4 Å². The summed E-state index contributed by atoms with van der Waals surface area (Å²) in [6.45, 7) is 6.19. The lowest BCUT2D eigenvalue weighted by Gasteiger charge is -2.31. The number of hydrogen-bond acceptors (Lipinski definition) is 4. The molecule has 1 unspecified atom stereocenters. The zero-order chi connectivity index (χ0) is 20.4. The first-order chi connectivity index (χ1) is 14.0. The third-order valence-electron chi connectivity index (χ3n) is 6.48. The minimum atomic E-state index is 0. The average Bonchev–Trinajstić information content (AvgIpc) is 2.73. The Kier molecular flexibility index (Phi) is 7.53. The molecule has 1 fully saturated rings. The second-order valence-corrected chi connectivity index (χ2v) is 8.66. The summed E-state index contributed by atoms with van der Waals surface area (Å²) in [5, 5.41) is 6.47.